The van der Waals surface area contributed by atoms with Crippen LogP contribution in [0, 0.1) is 0 Å². The van der Waals surface area contributed by atoms with Crippen molar-refractivity contribution in [2.45, 2.75) is 6.92 Å². The molecule has 0 atom stereocenters. The molecule has 1 rings (SSSR count). The monoisotopic (exact) mass is 192 g/mol. The lowest BCUT2D eigenvalue weighted by atomic mass is 10.3. The lowest BCUT2D eigenvalue weighted by Crippen LogP contribution is -2.41. The second-order valence-electron chi connectivity index (χ2n) is 2.75. The first-order valence-corrected chi connectivity index (χ1v) is 4.24. The van der Waals surface area contributed by atoms with Crippen molar-refractivity contribution in [3.8, 4) is 0 Å². The molecule has 0 aliphatic heterocycles. The molecule has 14 heavy (non-hydrogen) atoms. The van der Waals surface area contributed by atoms with E-state index in [1.54, 1.807) is 24.3 Å². The number of amides is 3. The molecule has 4 heteroatoms. The molecule has 1 aromatic carbocycles. The summed E-state index contributed by atoms with van der Waals surface area (Å²) in [5.41, 5.74) is 0.569. The minimum Gasteiger partial charge on any atom is -0.340 e. The Morgan fingerprint density at radius 1 is 1.21 bits per heavy atom. The van der Waals surface area contributed by atoms with Gasteiger partial charge in [-0.2, -0.15) is 0 Å². The average molecular weight is 192 g/mol. The molecule has 1 N–H and O–H groups in total. The average Bonchev–Trinajstić information content (AvgIpc) is 2.19. The van der Waals surface area contributed by atoms with Crippen molar-refractivity contribution in [3.63, 3.8) is 0 Å². The van der Waals surface area contributed by atoms with Crippen LogP contribution in [0.15, 0.2) is 30.3 Å². The van der Waals surface area contributed by atoms with Gasteiger partial charge in [-0.15, -0.1) is 0 Å². The molecule has 0 saturated heterocycles. The van der Waals surface area contributed by atoms with E-state index in [2.05, 4.69) is 5.32 Å². The smallest absolute Gasteiger partial charge is 0.328 e. The number of hydrogen-bond acceptors (Lipinski definition) is 2. The largest absolute Gasteiger partial charge is 0.340 e. The van der Waals surface area contributed by atoms with E-state index in [9.17, 15) is 9.59 Å². The molecule has 0 fully saturated rings. The highest BCUT2D eigenvalue weighted by Gasteiger charge is 2.17. The number of imide groups is 1. The predicted molar refractivity (Wildman–Crippen MR) is 54.1 cm³/mol. The molecule has 0 aromatic heterocycles. The second kappa shape index (κ2) is 4.41. The van der Waals surface area contributed by atoms with E-state index in [4.69, 9.17) is 0 Å². The number of urea groups is 1. The summed E-state index contributed by atoms with van der Waals surface area (Å²) in [5, 5.41) is 2.41. The van der Waals surface area contributed by atoms with Crippen LogP contribution in [0.4, 0.5) is 10.5 Å². The van der Waals surface area contributed by atoms with Gasteiger partial charge in [0.1, 0.15) is 0 Å². The molecular formula is C10H12N2O2. The maximum absolute atomic E-state index is 11.3. The van der Waals surface area contributed by atoms with Crippen LogP contribution in [0.1, 0.15) is 6.92 Å². The Balaban J connectivity index is 3.01. The van der Waals surface area contributed by atoms with Crippen molar-refractivity contribution >= 4 is 17.6 Å². The van der Waals surface area contributed by atoms with Crippen LogP contribution < -0.4 is 10.2 Å². The van der Waals surface area contributed by atoms with Crippen molar-refractivity contribution in [2.75, 3.05) is 11.9 Å². The molecule has 3 amide bonds. The van der Waals surface area contributed by atoms with Gasteiger partial charge in [0.05, 0.1) is 5.69 Å². The van der Waals surface area contributed by atoms with Gasteiger partial charge in [-0.05, 0) is 12.1 Å². The van der Waals surface area contributed by atoms with E-state index >= 15 is 0 Å². The van der Waals surface area contributed by atoms with Crippen LogP contribution in [0.5, 0.6) is 0 Å². The van der Waals surface area contributed by atoms with E-state index in [-0.39, 0.29) is 5.91 Å². The molecule has 0 heterocycles. The molecule has 0 saturated carbocycles. The zero-order valence-corrected chi connectivity index (χ0v) is 8.15. The highest BCUT2D eigenvalue weighted by molar-refractivity contribution is 6.13. The van der Waals surface area contributed by atoms with Crippen LogP contribution in [-0.2, 0) is 4.79 Å². The third-order valence-corrected chi connectivity index (χ3v) is 1.75. The summed E-state index contributed by atoms with van der Waals surface area (Å²) in [7, 11) is 1.49. The fraction of sp³-hybridized carbons (Fsp3) is 0.200. The zero-order chi connectivity index (χ0) is 10.6. The number of rotatable bonds is 1. The van der Waals surface area contributed by atoms with Gasteiger partial charge < -0.3 is 5.32 Å². The summed E-state index contributed by atoms with van der Waals surface area (Å²) in [6, 6.07) is 8.35. The van der Waals surface area contributed by atoms with Gasteiger partial charge in [0.15, 0.2) is 0 Å². The predicted octanol–water partition coefficient (Wildman–Crippen LogP) is 1.38. The molecule has 0 spiro atoms. The summed E-state index contributed by atoms with van der Waals surface area (Å²) >= 11 is 0. The van der Waals surface area contributed by atoms with Crippen LogP contribution in [0.3, 0.4) is 0 Å². The highest BCUT2D eigenvalue weighted by Crippen LogP contribution is 2.13. The number of para-hydroxylation sites is 1. The first-order valence-electron chi connectivity index (χ1n) is 4.24. The van der Waals surface area contributed by atoms with Gasteiger partial charge >= 0.3 is 6.03 Å². The third-order valence-electron chi connectivity index (χ3n) is 1.75. The van der Waals surface area contributed by atoms with E-state index in [1.807, 2.05) is 6.07 Å². The van der Waals surface area contributed by atoms with Crippen LogP contribution in [0.25, 0.3) is 0 Å². The number of carbonyl (C=O) groups excluding carboxylic acids is 2. The Morgan fingerprint density at radius 2 is 1.79 bits per heavy atom. The fourth-order valence-corrected chi connectivity index (χ4v) is 1.13. The summed E-state index contributed by atoms with van der Waals surface area (Å²) in [5.74, 6) is -0.310. The highest BCUT2D eigenvalue weighted by atomic mass is 16.2. The minimum absolute atomic E-state index is 0.310. The number of benzene rings is 1. The van der Waals surface area contributed by atoms with Gasteiger partial charge in [-0.25, -0.2) is 9.69 Å². The number of hydrogen-bond donors (Lipinski definition) is 1. The van der Waals surface area contributed by atoms with Gasteiger partial charge in [0, 0.05) is 14.0 Å². The molecule has 74 valence electrons. The van der Waals surface area contributed by atoms with Gasteiger partial charge in [-0.1, -0.05) is 18.2 Å². The molecule has 0 unspecified atom stereocenters. The van der Waals surface area contributed by atoms with E-state index in [0.717, 1.165) is 4.90 Å². The number of nitrogens with zero attached hydrogens (tertiary/aromatic N) is 1. The normalized spacial score (nSPS) is 9.29. The molecule has 0 aliphatic rings. The van der Waals surface area contributed by atoms with Crippen LogP contribution in [-0.4, -0.2) is 19.0 Å². The van der Waals surface area contributed by atoms with E-state index in [0.29, 0.717) is 5.69 Å². The molecule has 4 nitrogen and oxygen atoms in total. The maximum atomic E-state index is 11.3. The summed E-state index contributed by atoms with van der Waals surface area (Å²) < 4.78 is 0. The lowest BCUT2D eigenvalue weighted by molar-refractivity contribution is -0.115. The first kappa shape index (κ1) is 10.2. The summed E-state index contributed by atoms with van der Waals surface area (Å²) in [4.78, 5) is 23.6. The third kappa shape index (κ3) is 2.10. The first-order chi connectivity index (χ1) is 6.66. The van der Waals surface area contributed by atoms with Crippen molar-refractivity contribution in [2.24, 2.45) is 0 Å². The maximum Gasteiger partial charge on any atom is 0.328 e. The van der Waals surface area contributed by atoms with Gasteiger partial charge in [0.25, 0.3) is 0 Å². The molecular weight excluding hydrogens is 180 g/mol. The number of carbonyl (C=O) groups is 2. The van der Waals surface area contributed by atoms with E-state index < -0.39 is 6.03 Å². The van der Waals surface area contributed by atoms with Gasteiger partial charge in [-0.3, -0.25) is 4.79 Å². The number of anilines is 1. The lowest BCUT2D eigenvalue weighted by Gasteiger charge is -2.18. The second-order valence-corrected chi connectivity index (χ2v) is 2.75. The Morgan fingerprint density at radius 3 is 2.21 bits per heavy atom. The van der Waals surface area contributed by atoms with Crippen LogP contribution in [0.2, 0.25) is 0 Å². The Bertz CT molecular complexity index is 335. The molecule has 0 bridgehead atoms. The molecule has 0 radical (unpaired) electrons. The quantitative estimate of drug-likeness (QED) is 0.730. The Kier molecular flexibility index (Phi) is 3.23. The van der Waals surface area contributed by atoms with Crippen molar-refractivity contribution < 1.29 is 9.59 Å². The van der Waals surface area contributed by atoms with Crippen LogP contribution >= 0.6 is 0 Å². The number of nitrogens with one attached hydrogen (secondary N) is 1. The standard InChI is InChI=1S/C10H12N2O2/c1-8(13)12(10(14)11-2)9-6-4-3-5-7-9/h3-7H,1-2H3,(H,11,14). The molecule has 0 aliphatic carbocycles. The van der Waals surface area contributed by atoms with Crippen molar-refractivity contribution in [3.05, 3.63) is 30.3 Å². The SMILES string of the molecule is CNC(=O)N(C(C)=O)c1ccccc1. The Labute approximate surface area is 82.5 Å². The Hall–Kier alpha value is -1.84. The topological polar surface area (TPSA) is 49.4 Å². The molecule has 1 aromatic rings. The summed E-state index contributed by atoms with van der Waals surface area (Å²) in [6.07, 6.45) is 0. The van der Waals surface area contributed by atoms with Crippen molar-refractivity contribution in [1.29, 1.82) is 0 Å². The zero-order valence-electron chi connectivity index (χ0n) is 8.15. The fourth-order valence-electron chi connectivity index (χ4n) is 1.13. The van der Waals surface area contributed by atoms with E-state index in [1.165, 1.54) is 14.0 Å². The van der Waals surface area contributed by atoms with Crippen molar-refractivity contribution in [1.82, 2.24) is 5.32 Å². The summed E-state index contributed by atoms with van der Waals surface area (Å²) in [6.45, 7) is 1.35. The van der Waals surface area contributed by atoms with Gasteiger partial charge in [0.2, 0.25) is 5.91 Å². The minimum atomic E-state index is -0.427.